The number of ether oxygens (including phenoxy) is 1. The summed E-state index contributed by atoms with van der Waals surface area (Å²) in [5.41, 5.74) is 0.153. The molecular formula is C18H36BOP2+. The summed E-state index contributed by atoms with van der Waals surface area (Å²) >= 11 is 0. The Balaban J connectivity index is 2.80. The van der Waals surface area contributed by atoms with Crippen molar-refractivity contribution in [2.24, 2.45) is 11.3 Å². The van der Waals surface area contributed by atoms with Gasteiger partial charge in [-0.2, -0.15) is 0 Å². The van der Waals surface area contributed by atoms with Gasteiger partial charge < -0.3 is 4.74 Å². The van der Waals surface area contributed by atoms with E-state index in [-0.39, 0.29) is 22.7 Å². The summed E-state index contributed by atoms with van der Waals surface area (Å²) in [5, 5.41) is -0.151. The van der Waals surface area contributed by atoms with E-state index in [4.69, 9.17) is 12.6 Å². The third kappa shape index (κ3) is 4.31. The molecule has 1 aliphatic carbocycles. The van der Waals surface area contributed by atoms with Crippen LogP contribution in [-0.2, 0) is 4.74 Å². The molecule has 0 spiro atoms. The maximum atomic E-state index is 6.59. The number of rotatable bonds is 7. The normalized spacial score (nSPS) is 29.6. The molecule has 1 rings (SSSR count). The highest BCUT2D eigenvalue weighted by atomic mass is 31.2. The molecule has 4 unspecified atom stereocenters. The van der Waals surface area contributed by atoms with Gasteiger partial charge in [0.2, 0.25) is 5.34 Å². The minimum atomic E-state index is -1.07. The van der Waals surface area contributed by atoms with Crippen LogP contribution in [0.2, 0.25) is 5.82 Å². The minimum absolute atomic E-state index is 0.151. The second-order valence-corrected chi connectivity index (χ2v) is 15.4. The van der Waals surface area contributed by atoms with Crippen molar-refractivity contribution in [2.75, 3.05) is 18.2 Å². The van der Waals surface area contributed by atoms with E-state index < -0.39 is 14.4 Å². The number of hydrogen-bond donors (Lipinski definition) is 0. The largest absolute Gasteiger partial charge is 0.332 e. The van der Waals surface area contributed by atoms with Gasteiger partial charge in [-0.15, -0.1) is 0 Å². The molecule has 0 N–H and O–H groups in total. The Morgan fingerprint density at radius 1 is 1.32 bits per heavy atom. The molecule has 0 bridgehead atoms. The third-order valence-corrected chi connectivity index (χ3v) is 14.3. The molecule has 0 heterocycles. The molecule has 4 atom stereocenters. The molecule has 126 valence electrons. The van der Waals surface area contributed by atoms with E-state index >= 15 is 0 Å². The van der Waals surface area contributed by atoms with Crippen LogP contribution in [0.5, 0.6) is 0 Å². The van der Waals surface area contributed by atoms with Gasteiger partial charge in [0, 0.05) is 13.8 Å². The van der Waals surface area contributed by atoms with Gasteiger partial charge in [0.15, 0.2) is 0 Å². The van der Waals surface area contributed by atoms with Crippen LogP contribution in [-0.4, -0.2) is 50.1 Å². The molecule has 0 aromatic rings. The second-order valence-electron chi connectivity index (χ2n) is 8.21. The van der Waals surface area contributed by atoms with E-state index in [1.54, 1.807) is 0 Å². The first kappa shape index (κ1) is 20.5. The van der Waals surface area contributed by atoms with Gasteiger partial charge in [-0.1, -0.05) is 53.6 Å². The lowest BCUT2D eigenvalue weighted by molar-refractivity contribution is -0.0426. The van der Waals surface area contributed by atoms with Crippen LogP contribution >= 0.6 is 14.4 Å². The highest BCUT2D eigenvalue weighted by Crippen LogP contribution is 2.58. The molecule has 0 amide bonds. The lowest BCUT2D eigenvalue weighted by Crippen LogP contribution is -2.32. The zero-order valence-electron chi connectivity index (χ0n) is 15.9. The first-order valence-electron chi connectivity index (χ1n) is 8.61. The third-order valence-electron chi connectivity index (χ3n) is 6.19. The quantitative estimate of drug-likeness (QED) is 0.439. The molecule has 1 aliphatic rings. The van der Waals surface area contributed by atoms with Crippen molar-refractivity contribution < 1.29 is 4.74 Å². The molecule has 4 heteroatoms. The maximum absolute atomic E-state index is 6.59. The van der Waals surface area contributed by atoms with Gasteiger partial charge in [-0.05, 0) is 30.1 Å². The van der Waals surface area contributed by atoms with Crippen LogP contribution in [0.3, 0.4) is 0 Å². The van der Waals surface area contributed by atoms with Crippen LogP contribution < -0.4 is 0 Å². The zero-order chi connectivity index (χ0) is 17.3. The van der Waals surface area contributed by atoms with Crippen LogP contribution in [0.25, 0.3) is 0 Å². The molecule has 1 nitrogen and oxygen atoms in total. The molecule has 0 saturated heterocycles. The lowest BCUT2D eigenvalue weighted by atomic mass is 9.67. The fourth-order valence-corrected chi connectivity index (χ4v) is 9.72. The predicted octanol–water partition coefficient (Wildman–Crippen LogP) is 5.49. The van der Waals surface area contributed by atoms with Crippen LogP contribution in [0.4, 0.5) is 0 Å². The van der Waals surface area contributed by atoms with E-state index in [1.807, 2.05) is 0 Å². The molecule has 22 heavy (non-hydrogen) atoms. The van der Waals surface area contributed by atoms with Gasteiger partial charge in [0.05, 0.1) is 20.2 Å². The van der Waals surface area contributed by atoms with Crippen molar-refractivity contribution in [2.45, 2.75) is 72.2 Å². The van der Waals surface area contributed by atoms with Gasteiger partial charge in [0.1, 0.15) is 13.4 Å². The van der Waals surface area contributed by atoms with E-state index in [2.05, 4.69) is 61.1 Å². The van der Waals surface area contributed by atoms with Crippen molar-refractivity contribution in [3.05, 3.63) is 0 Å². The first-order chi connectivity index (χ1) is 9.89. The second kappa shape index (κ2) is 7.17. The fraction of sp³-hybridized carbons (Fsp3) is 0.889. The Morgan fingerprint density at radius 2 is 1.82 bits per heavy atom. The predicted molar refractivity (Wildman–Crippen MR) is 110 cm³/mol. The average molecular weight is 341 g/mol. The topological polar surface area (TPSA) is 9.23 Å². The Hall–Kier alpha value is 0.495. The van der Waals surface area contributed by atoms with Crippen molar-refractivity contribution in [3.8, 4) is 0 Å². The summed E-state index contributed by atoms with van der Waals surface area (Å²) in [6.07, 6.45) is 12.7. The standard InChI is InChI=1S/C18H36BOP2/c1-10-22(9,11-2)13-21(8)18(6,7)20-15-12-16(19)17(4,5)14(15)3/h14-16H,8-13H2,1-7H3/q+1. The van der Waals surface area contributed by atoms with Gasteiger partial charge in [0.25, 0.3) is 0 Å². The van der Waals surface area contributed by atoms with E-state index in [0.717, 1.165) is 6.42 Å². The summed E-state index contributed by atoms with van der Waals surface area (Å²) < 4.78 is 6.59. The van der Waals surface area contributed by atoms with Crippen molar-refractivity contribution in [3.63, 3.8) is 0 Å². The maximum Gasteiger partial charge on any atom is 0.219 e. The highest BCUT2D eigenvalue weighted by Gasteiger charge is 2.48. The fourth-order valence-electron chi connectivity index (χ4n) is 3.13. The van der Waals surface area contributed by atoms with Gasteiger partial charge in [-0.25, -0.2) is 0 Å². The summed E-state index contributed by atoms with van der Waals surface area (Å²) in [6.45, 7) is 14.8. The van der Waals surface area contributed by atoms with Crippen LogP contribution in [0, 0.1) is 11.3 Å². The van der Waals surface area contributed by atoms with Gasteiger partial charge >= 0.3 is 0 Å². The Kier molecular flexibility index (Phi) is 6.69. The summed E-state index contributed by atoms with van der Waals surface area (Å²) in [7, 11) is 5.91. The molecule has 2 radical (unpaired) electrons. The number of hydrogen-bond acceptors (Lipinski definition) is 1. The lowest BCUT2D eigenvalue weighted by Gasteiger charge is -2.32. The molecule has 0 aromatic carbocycles. The SMILES string of the molecule is [B]C1CC(OC(C)(C)[P+](=C)CP(=C)(CC)CC)C(C)C1(C)C. The smallest absolute Gasteiger partial charge is 0.219 e. The minimum Gasteiger partial charge on any atom is -0.332 e. The summed E-state index contributed by atoms with van der Waals surface area (Å²) in [5.74, 6) is 1.89. The van der Waals surface area contributed by atoms with E-state index in [9.17, 15) is 0 Å². The zero-order valence-corrected chi connectivity index (χ0v) is 17.6. The van der Waals surface area contributed by atoms with Crippen molar-refractivity contribution >= 4 is 34.9 Å². The Bertz CT molecular complexity index is 448. The van der Waals surface area contributed by atoms with Crippen LogP contribution in [0.1, 0.15) is 54.9 Å². The monoisotopic (exact) mass is 341 g/mol. The molecule has 0 aliphatic heterocycles. The molecule has 1 fully saturated rings. The molecule has 1 saturated carbocycles. The Morgan fingerprint density at radius 3 is 2.18 bits per heavy atom. The van der Waals surface area contributed by atoms with Crippen LogP contribution in [0.15, 0.2) is 0 Å². The Labute approximate surface area is 141 Å². The van der Waals surface area contributed by atoms with E-state index in [0.29, 0.717) is 5.92 Å². The summed E-state index contributed by atoms with van der Waals surface area (Å²) in [4.78, 5) is 0. The van der Waals surface area contributed by atoms with Crippen molar-refractivity contribution in [1.82, 2.24) is 0 Å². The van der Waals surface area contributed by atoms with Gasteiger partial charge in [-0.3, -0.25) is 0 Å². The van der Waals surface area contributed by atoms with Crippen molar-refractivity contribution in [1.29, 1.82) is 0 Å². The average Bonchev–Trinajstić information content (AvgIpc) is 2.61. The van der Waals surface area contributed by atoms with E-state index in [1.165, 1.54) is 18.2 Å². The molecule has 0 aromatic heterocycles. The highest BCUT2D eigenvalue weighted by molar-refractivity contribution is 7.83. The molecular weight excluding hydrogens is 305 g/mol. The summed E-state index contributed by atoms with van der Waals surface area (Å²) in [6, 6.07) is 0. The first-order valence-corrected chi connectivity index (χ1v) is 12.9.